The summed E-state index contributed by atoms with van der Waals surface area (Å²) in [5.41, 5.74) is 1.59. The molecule has 0 bridgehead atoms. The fourth-order valence-electron chi connectivity index (χ4n) is 3.39. The van der Waals surface area contributed by atoms with Gasteiger partial charge in [-0.2, -0.15) is 0 Å². The Balaban J connectivity index is 1.72. The molecule has 0 heterocycles. The molecule has 156 valence electrons. The summed E-state index contributed by atoms with van der Waals surface area (Å²) in [7, 11) is -2.19. The highest BCUT2D eigenvalue weighted by molar-refractivity contribution is 7.92. The summed E-state index contributed by atoms with van der Waals surface area (Å²) in [6, 6.07) is 29.8. The molecule has 0 radical (unpaired) electrons. The van der Waals surface area contributed by atoms with Crippen molar-refractivity contribution in [3.8, 4) is 5.75 Å². The van der Waals surface area contributed by atoms with E-state index >= 15 is 0 Å². The van der Waals surface area contributed by atoms with Crippen LogP contribution in [0.1, 0.15) is 5.56 Å². The quantitative estimate of drug-likeness (QED) is 0.375. The van der Waals surface area contributed by atoms with Gasteiger partial charge in [0.1, 0.15) is 5.75 Å². The summed E-state index contributed by atoms with van der Waals surface area (Å²) >= 11 is 0. The number of fused-ring (bicyclic) bond motifs is 1. The van der Waals surface area contributed by atoms with Crippen molar-refractivity contribution in [2.75, 3.05) is 18.0 Å². The SMILES string of the molecule is COc1ccc(N(C/C=C/c2ccccc2)S(=O)(=O)c2ccc3ccccc3c2)cc1. The van der Waals surface area contributed by atoms with E-state index in [9.17, 15) is 8.42 Å². The van der Waals surface area contributed by atoms with Crippen LogP contribution in [0.25, 0.3) is 16.8 Å². The van der Waals surface area contributed by atoms with Crippen LogP contribution in [0.2, 0.25) is 0 Å². The number of methoxy groups -OCH3 is 1. The Labute approximate surface area is 183 Å². The molecule has 0 aliphatic heterocycles. The third-order valence-corrected chi connectivity index (χ3v) is 6.84. The molecule has 0 atom stereocenters. The highest BCUT2D eigenvalue weighted by Crippen LogP contribution is 2.28. The van der Waals surface area contributed by atoms with Gasteiger partial charge in [0.25, 0.3) is 10.0 Å². The lowest BCUT2D eigenvalue weighted by Gasteiger charge is -2.23. The second-order valence-electron chi connectivity index (χ2n) is 7.06. The zero-order valence-corrected chi connectivity index (χ0v) is 18.0. The van der Waals surface area contributed by atoms with Crippen molar-refractivity contribution < 1.29 is 13.2 Å². The minimum Gasteiger partial charge on any atom is -0.497 e. The van der Waals surface area contributed by atoms with E-state index in [4.69, 9.17) is 4.74 Å². The number of hydrogen-bond acceptors (Lipinski definition) is 3. The minimum absolute atomic E-state index is 0.205. The minimum atomic E-state index is -3.78. The molecule has 0 unspecified atom stereocenters. The first-order valence-electron chi connectivity index (χ1n) is 9.95. The molecule has 31 heavy (non-hydrogen) atoms. The van der Waals surface area contributed by atoms with Gasteiger partial charge in [-0.25, -0.2) is 8.42 Å². The van der Waals surface area contributed by atoms with Gasteiger partial charge >= 0.3 is 0 Å². The third kappa shape index (κ3) is 4.62. The molecular weight excluding hydrogens is 406 g/mol. The molecule has 0 aliphatic rings. The Bertz CT molecular complexity index is 1300. The summed E-state index contributed by atoms with van der Waals surface area (Å²) < 4.78 is 33.9. The molecule has 5 heteroatoms. The molecule has 4 aromatic carbocycles. The van der Waals surface area contributed by atoms with Crippen molar-refractivity contribution in [3.05, 3.63) is 109 Å². The Kier molecular flexibility index (Phi) is 6.05. The second kappa shape index (κ2) is 9.06. The number of ether oxygens (including phenoxy) is 1. The van der Waals surface area contributed by atoms with Crippen LogP contribution in [0.3, 0.4) is 0 Å². The fourth-order valence-corrected chi connectivity index (χ4v) is 4.85. The average molecular weight is 430 g/mol. The monoisotopic (exact) mass is 429 g/mol. The van der Waals surface area contributed by atoms with E-state index in [-0.39, 0.29) is 11.4 Å². The number of sulfonamides is 1. The van der Waals surface area contributed by atoms with Crippen molar-refractivity contribution in [1.29, 1.82) is 0 Å². The van der Waals surface area contributed by atoms with Crippen molar-refractivity contribution in [2.24, 2.45) is 0 Å². The number of benzene rings is 4. The topological polar surface area (TPSA) is 46.6 Å². The van der Waals surface area contributed by atoms with Crippen molar-refractivity contribution >= 4 is 32.6 Å². The lowest BCUT2D eigenvalue weighted by atomic mass is 10.1. The molecule has 4 nitrogen and oxygen atoms in total. The van der Waals surface area contributed by atoms with Crippen LogP contribution < -0.4 is 9.04 Å². The molecule has 0 amide bonds. The maximum atomic E-state index is 13.6. The maximum Gasteiger partial charge on any atom is 0.264 e. The number of hydrogen-bond donors (Lipinski definition) is 0. The molecule has 4 rings (SSSR count). The summed E-state index contributed by atoms with van der Waals surface area (Å²) in [6.07, 6.45) is 3.78. The van der Waals surface area contributed by atoms with Crippen LogP contribution in [0.5, 0.6) is 5.75 Å². The van der Waals surface area contributed by atoms with E-state index in [0.29, 0.717) is 11.4 Å². The third-order valence-electron chi connectivity index (χ3n) is 5.05. The largest absolute Gasteiger partial charge is 0.497 e. The lowest BCUT2D eigenvalue weighted by molar-refractivity contribution is 0.415. The molecule has 0 aromatic heterocycles. The van der Waals surface area contributed by atoms with Crippen molar-refractivity contribution in [1.82, 2.24) is 0 Å². The summed E-state index contributed by atoms with van der Waals surface area (Å²) in [5.74, 6) is 0.673. The highest BCUT2D eigenvalue weighted by atomic mass is 32.2. The smallest absolute Gasteiger partial charge is 0.264 e. The molecule has 0 saturated carbocycles. The van der Waals surface area contributed by atoms with Gasteiger partial charge < -0.3 is 4.74 Å². The summed E-state index contributed by atoms with van der Waals surface area (Å²) in [5, 5.41) is 1.89. The van der Waals surface area contributed by atoms with Crippen LogP contribution in [-0.4, -0.2) is 22.1 Å². The number of nitrogens with zero attached hydrogens (tertiary/aromatic N) is 1. The molecular formula is C26H23NO3S. The van der Waals surface area contributed by atoms with Gasteiger partial charge in [0.15, 0.2) is 0 Å². The number of anilines is 1. The van der Waals surface area contributed by atoms with E-state index in [2.05, 4.69) is 0 Å². The van der Waals surface area contributed by atoms with Gasteiger partial charge in [0.2, 0.25) is 0 Å². The van der Waals surface area contributed by atoms with Gasteiger partial charge in [-0.3, -0.25) is 4.31 Å². The van der Waals surface area contributed by atoms with Gasteiger partial charge in [-0.1, -0.05) is 72.8 Å². The standard InChI is InChI=1S/C26H23NO3S/c1-30-25-16-14-24(15-17-25)27(19-7-10-21-8-3-2-4-9-21)31(28,29)26-18-13-22-11-5-6-12-23(22)20-26/h2-18,20H,19H2,1H3/b10-7+. The molecule has 0 N–H and O–H groups in total. The van der Waals surface area contributed by atoms with Crippen molar-refractivity contribution in [2.45, 2.75) is 4.90 Å². The lowest BCUT2D eigenvalue weighted by Crippen LogP contribution is -2.31. The normalized spacial score (nSPS) is 11.6. The Morgan fingerprint density at radius 3 is 2.19 bits per heavy atom. The van der Waals surface area contributed by atoms with E-state index in [1.807, 2.05) is 72.8 Å². The van der Waals surface area contributed by atoms with E-state index in [1.54, 1.807) is 43.5 Å². The first kappa shape index (κ1) is 20.7. The second-order valence-corrected chi connectivity index (χ2v) is 8.92. The Morgan fingerprint density at radius 2 is 1.48 bits per heavy atom. The predicted octanol–water partition coefficient (Wildman–Crippen LogP) is 5.76. The zero-order valence-electron chi connectivity index (χ0n) is 17.2. The fraction of sp³-hybridized carbons (Fsp3) is 0.0769. The molecule has 0 fully saturated rings. The molecule has 4 aromatic rings. The van der Waals surface area contributed by atoms with Crippen LogP contribution in [0.4, 0.5) is 5.69 Å². The summed E-state index contributed by atoms with van der Waals surface area (Å²) in [6.45, 7) is 0.205. The van der Waals surface area contributed by atoms with Gasteiger partial charge in [-0.05, 0) is 52.7 Å². The van der Waals surface area contributed by atoms with Gasteiger partial charge in [-0.15, -0.1) is 0 Å². The maximum absolute atomic E-state index is 13.6. The molecule has 0 saturated heterocycles. The Hall–Kier alpha value is -3.57. The van der Waals surface area contributed by atoms with Crippen LogP contribution >= 0.6 is 0 Å². The predicted molar refractivity (Wildman–Crippen MR) is 127 cm³/mol. The Morgan fingerprint density at radius 1 is 0.806 bits per heavy atom. The molecule has 0 aliphatic carbocycles. The van der Waals surface area contributed by atoms with Crippen LogP contribution in [0.15, 0.2) is 108 Å². The molecule has 0 spiro atoms. The van der Waals surface area contributed by atoms with Crippen molar-refractivity contribution in [3.63, 3.8) is 0 Å². The first-order chi connectivity index (χ1) is 15.1. The van der Waals surface area contributed by atoms with E-state index in [1.165, 1.54) is 4.31 Å². The first-order valence-corrected chi connectivity index (χ1v) is 11.4. The van der Waals surface area contributed by atoms with Crippen LogP contribution in [0, 0.1) is 0 Å². The van der Waals surface area contributed by atoms with Crippen LogP contribution in [-0.2, 0) is 10.0 Å². The van der Waals surface area contributed by atoms with Gasteiger partial charge in [0, 0.05) is 0 Å². The average Bonchev–Trinajstić information content (AvgIpc) is 2.82. The summed E-state index contributed by atoms with van der Waals surface area (Å²) in [4.78, 5) is 0.259. The highest BCUT2D eigenvalue weighted by Gasteiger charge is 2.24. The van der Waals surface area contributed by atoms with Gasteiger partial charge in [0.05, 0.1) is 24.2 Å². The number of rotatable bonds is 7. The van der Waals surface area contributed by atoms with E-state index < -0.39 is 10.0 Å². The zero-order chi connectivity index (χ0) is 21.7. The van der Waals surface area contributed by atoms with E-state index in [0.717, 1.165) is 16.3 Å².